The molecule has 8 aliphatic rings. The Morgan fingerprint density at radius 1 is 0.431 bits per heavy atom. The van der Waals surface area contributed by atoms with Gasteiger partial charge in [-0.3, -0.25) is 0 Å². The number of benzene rings is 7. The maximum absolute atomic E-state index is 2.70. The van der Waals surface area contributed by atoms with E-state index in [0.29, 0.717) is 11.8 Å². The fourth-order valence-corrected chi connectivity index (χ4v) is 17.0. The van der Waals surface area contributed by atoms with E-state index in [1.54, 1.807) is 22.3 Å². The molecule has 6 fully saturated rings. The van der Waals surface area contributed by atoms with Gasteiger partial charge in [0.05, 0.1) is 5.69 Å². The second kappa shape index (κ2) is 14.7. The number of hydrogen-bond donors (Lipinski definition) is 0. The van der Waals surface area contributed by atoms with Crippen molar-refractivity contribution in [2.45, 2.75) is 94.8 Å². The molecule has 0 aliphatic heterocycles. The summed E-state index contributed by atoms with van der Waals surface area (Å²) in [5, 5.41) is 0. The minimum atomic E-state index is 0.000495. The molecule has 1 heteroatoms. The fourth-order valence-electron chi connectivity index (χ4n) is 17.0. The molecule has 4 atom stereocenters. The lowest BCUT2D eigenvalue weighted by atomic mass is 9.43. The van der Waals surface area contributed by atoms with E-state index < -0.39 is 0 Å². The Morgan fingerprint density at radius 3 is 1.75 bits per heavy atom. The predicted octanol–water partition coefficient (Wildman–Crippen LogP) is 17.1. The molecule has 6 bridgehead atoms. The fraction of sp³-hybridized carbons (Fsp3) is 0.344. The van der Waals surface area contributed by atoms with Crippen LogP contribution in [0, 0.1) is 41.4 Å². The first-order valence-electron chi connectivity index (χ1n) is 25.7. The van der Waals surface area contributed by atoms with Crippen molar-refractivity contribution in [1.82, 2.24) is 0 Å². The van der Waals surface area contributed by atoms with Crippen molar-refractivity contribution in [2.75, 3.05) is 4.90 Å². The van der Waals surface area contributed by atoms with Crippen LogP contribution in [0.25, 0.3) is 44.5 Å². The third-order valence-electron chi connectivity index (χ3n) is 19.1. The lowest BCUT2D eigenvalue weighted by molar-refractivity contribution is -0.0399. The van der Waals surface area contributed by atoms with Crippen molar-refractivity contribution in [1.29, 1.82) is 0 Å². The summed E-state index contributed by atoms with van der Waals surface area (Å²) in [6.07, 6.45) is 16.4. The highest BCUT2D eigenvalue weighted by Crippen LogP contribution is 2.71. The Labute approximate surface area is 387 Å². The molecule has 0 amide bonds. The molecule has 0 saturated heterocycles. The zero-order valence-corrected chi connectivity index (χ0v) is 38.1. The van der Waals surface area contributed by atoms with Crippen LogP contribution in [0.1, 0.15) is 106 Å². The molecule has 4 unspecified atom stereocenters. The van der Waals surface area contributed by atoms with Crippen LogP contribution < -0.4 is 4.90 Å². The summed E-state index contributed by atoms with van der Waals surface area (Å²) in [5.41, 5.74) is 21.6. The van der Waals surface area contributed by atoms with E-state index in [0.717, 1.165) is 29.6 Å². The zero-order chi connectivity index (χ0) is 42.9. The van der Waals surface area contributed by atoms with E-state index in [2.05, 4.69) is 176 Å². The van der Waals surface area contributed by atoms with Gasteiger partial charge in [0.1, 0.15) is 0 Å². The smallest absolute Gasteiger partial charge is 0.0543 e. The van der Waals surface area contributed by atoms with Crippen LogP contribution in [-0.4, -0.2) is 0 Å². The summed E-state index contributed by atoms with van der Waals surface area (Å²) in [6.45, 7) is 2.50. The van der Waals surface area contributed by atoms with E-state index in [1.165, 1.54) is 139 Å². The van der Waals surface area contributed by atoms with Crippen LogP contribution in [0.5, 0.6) is 0 Å². The number of fused-ring (bicyclic) bond motifs is 11. The Bertz CT molecular complexity index is 2930. The van der Waals surface area contributed by atoms with Crippen molar-refractivity contribution >= 4 is 17.1 Å². The zero-order valence-electron chi connectivity index (χ0n) is 38.1. The molecule has 322 valence electrons. The van der Waals surface area contributed by atoms with Gasteiger partial charge in [-0.15, -0.1) is 0 Å². The van der Waals surface area contributed by atoms with Crippen molar-refractivity contribution < 1.29 is 0 Å². The standard InChI is InChI=1S/C64H61N/c1-2-47-30-27-41-15-13-20-48(34-41)64(47)57-23-11-9-21-53(57)56-40-52(39-55(62(56)64)46-18-7-4-8-19-46)65(51-31-28-45(29-32-51)44-16-5-3-6-17-44)60-26-14-25-59-61(60)54-22-10-12-24-58(54)63(59)49-35-42-33-43(37-49)38-50(63)36-42/h3-12,14,16-19,21-26,28-29,31-32,39-43,47-50H,2,13,15,20,27,30,33-38H2,1H3. The van der Waals surface area contributed by atoms with Gasteiger partial charge in [0, 0.05) is 27.8 Å². The average molecular weight is 844 g/mol. The normalized spacial score (nSPS) is 29.6. The molecular weight excluding hydrogens is 783 g/mol. The van der Waals surface area contributed by atoms with E-state index >= 15 is 0 Å². The van der Waals surface area contributed by atoms with Gasteiger partial charge in [0.15, 0.2) is 0 Å². The van der Waals surface area contributed by atoms with Crippen molar-refractivity contribution in [3.63, 3.8) is 0 Å². The summed E-state index contributed by atoms with van der Waals surface area (Å²) in [7, 11) is 0. The lowest BCUT2D eigenvalue weighted by Crippen LogP contribution is -2.55. The molecule has 0 radical (unpaired) electrons. The number of rotatable bonds is 6. The molecule has 0 N–H and O–H groups in total. The summed E-state index contributed by atoms with van der Waals surface area (Å²) in [4.78, 5) is 2.70. The summed E-state index contributed by atoms with van der Waals surface area (Å²) < 4.78 is 0. The van der Waals surface area contributed by atoms with Crippen molar-refractivity contribution in [3.05, 3.63) is 186 Å². The maximum Gasteiger partial charge on any atom is 0.0543 e. The molecule has 65 heavy (non-hydrogen) atoms. The summed E-state index contributed by atoms with van der Waals surface area (Å²) >= 11 is 0. The van der Waals surface area contributed by atoms with Crippen LogP contribution in [0.4, 0.5) is 17.1 Å². The topological polar surface area (TPSA) is 3.24 Å². The highest BCUT2D eigenvalue weighted by Gasteiger charge is 2.62. The Morgan fingerprint density at radius 2 is 1.03 bits per heavy atom. The van der Waals surface area contributed by atoms with Gasteiger partial charge in [-0.2, -0.15) is 0 Å². The van der Waals surface area contributed by atoms with Crippen LogP contribution in [0.3, 0.4) is 0 Å². The molecule has 0 aromatic heterocycles. The van der Waals surface area contributed by atoms with Crippen LogP contribution in [0.15, 0.2) is 164 Å². The van der Waals surface area contributed by atoms with Gasteiger partial charge >= 0.3 is 0 Å². The van der Waals surface area contributed by atoms with Crippen LogP contribution in [-0.2, 0) is 10.8 Å². The Kier molecular flexibility index (Phi) is 8.71. The summed E-state index contributed by atoms with van der Waals surface area (Å²) in [5.74, 6) is 5.38. The minimum absolute atomic E-state index is 0.000495. The second-order valence-corrected chi connectivity index (χ2v) is 21.8. The SMILES string of the molecule is CCC1CCC2CCCC(C2)C12c1ccccc1-c1cc(N(c3ccc(-c4ccccc4)cc3)c3cccc4c3-c3ccccc3C43C4CC5CC(C4)CC3C5)cc(-c3ccccc3)c12. The molecule has 7 aromatic rings. The quantitative estimate of drug-likeness (QED) is 0.161. The maximum atomic E-state index is 2.70. The Balaban J connectivity index is 1.05. The Hall–Kier alpha value is -5.66. The minimum Gasteiger partial charge on any atom is -0.310 e. The van der Waals surface area contributed by atoms with Gasteiger partial charge < -0.3 is 4.90 Å². The van der Waals surface area contributed by atoms with E-state index in [1.807, 2.05) is 0 Å². The van der Waals surface area contributed by atoms with E-state index in [9.17, 15) is 0 Å². The van der Waals surface area contributed by atoms with Crippen LogP contribution >= 0.6 is 0 Å². The first kappa shape index (κ1) is 38.6. The van der Waals surface area contributed by atoms with Gasteiger partial charge in [-0.25, -0.2) is 0 Å². The lowest BCUT2D eigenvalue weighted by Gasteiger charge is -2.61. The second-order valence-electron chi connectivity index (χ2n) is 21.8. The number of hydrogen-bond acceptors (Lipinski definition) is 1. The van der Waals surface area contributed by atoms with Crippen LogP contribution in [0.2, 0.25) is 0 Å². The molecule has 7 aromatic carbocycles. The first-order chi connectivity index (χ1) is 32.1. The van der Waals surface area contributed by atoms with Gasteiger partial charge in [0.2, 0.25) is 0 Å². The monoisotopic (exact) mass is 843 g/mol. The average Bonchev–Trinajstić information content (AvgIpc) is 3.79. The first-order valence-corrected chi connectivity index (χ1v) is 25.7. The number of anilines is 3. The van der Waals surface area contributed by atoms with Gasteiger partial charge in [-0.1, -0.05) is 166 Å². The highest BCUT2D eigenvalue weighted by atomic mass is 15.1. The van der Waals surface area contributed by atoms with Gasteiger partial charge in [-0.05, 0) is 184 Å². The highest BCUT2D eigenvalue weighted by molar-refractivity contribution is 5.99. The molecule has 6 saturated carbocycles. The largest absolute Gasteiger partial charge is 0.310 e. The third kappa shape index (κ3) is 5.39. The predicted molar refractivity (Wildman–Crippen MR) is 270 cm³/mol. The van der Waals surface area contributed by atoms with Crippen molar-refractivity contribution in [2.24, 2.45) is 41.4 Å². The molecular formula is C64H61N. The molecule has 1 nitrogen and oxygen atoms in total. The van der Waals surface area contributed by atoms with Crippen molar-refractivity contribution in [3.8, 4) is 44.5 Å². The molecule has 8 aliphatic carbocycles. The third-order valence-corrected chi connectivity index (χ3v) is 19.1. The number of nitrogens with zero attached hydrogens (tertiary/aromatic N) is 1. The van der Waals surface area contributed by atoms with Gasteiger partial charge in [0.25, 0.3) is 0 Å². The summed E-state index contributed by atoms with van der Waals surface area (Å²) in [6, 6.07) is 64.3. The molecule has 0 heterocycles. The van der Waals surface area contributed by atoms with E-state index in [4.69, 9.17) is 0 Å². The molecule has 2 spiro atoms. The van der Waals surface area contributed by atoms with E-state index in [-0.39, 0.29) is 10.8 Å². The molecule has 15 rings (SSSR count).